The summed E-state index contributed by atoms with van der Waals surface area (Å²) in [6, 6.07) is 6.29. The van der Waals surface area contributed by atoms with Crippen LogP contribution in [0.4, 0.5) is 0 Å². The number of Topliss-reactive ketones (excluding diaryl/α,β-unsaturated/α-hetero) is 1. The molecular formula is C21H27NO3. The highest BCUT2D eigenvalue weighted by molar-refractivity contribution is 5.98. The van der Waals surface area contributed by atoms with Crippen LogP contribution in [0.3, 0.4) is 0 Å². The fourth-order valence-electron chi connectivity index (χ4n) is 4.66. The maximum atomic E-state index is 12.7. The Kier molecular flexibility index (Phi) is 4.89. The van der Waals surface area contributed by atoms with Gasteiger partial charge in [-0.3, -0.25) is 9.59 Å². The smallest absolute Gasteiger partial charge is 0.223 e. The molecule has 1 aromatic carbocycles. The summed E-state index contributed by atoms with van der Waals surface area (Å²) < 4.78 is 5.84. The predicted octanol–water partition coefficient (Wildman–Crippen LogP) is 3.31. The number of fused-ring (bicyclic) bond motifs is 2. The van der Waals surface area contributed by atoms with Crippen molar-refractivity contribution in [3.63, 3.8) is 0 Å². The van der Waals surface area contributed by atoms with Gasteiger partial charge in [-0.15, -0.1) is 0 Å². The van der Waals surface area contributed by atoms with E-state index in [9.17, 15) is 9.59 Å². The van der Waals surface area contributed by atoms with Crippen molar-refractivity contribution in [2.45, 2.75) is 69.9 Å². The summed E-state index contributed by atoms with van der Waals surface area (Å²) in [5.41, 5.74) is 3.46. The standard InChI is InChI=1S/C21H27NO3/c23-19(17-9-8-15-4-3-5-16(15)14-17)10-11-21(24)22-12-13-25-20-7-2-1-6-18(20)22/h8-9,14,18,20H,1-7,10-13H2/t18-,20+/m1/s1. The third-order valence-corrected chi connectivity index (χ3v) is 6.04. The van der Waals surface area contributed by atoms with Crippen LogP contribution in [-0.4, -0.2) is 41.9 Å². The molecule has 2 fully saturated rings. The summed E-state index contributed by atoms with van der Waals surface area (Å²) in [7, 11) is 0. The number of carbonyl (C=O) groups excluding carboxylic acids is 2. The lowest BCUT2D eigenvalue weighted by atomic mass is 9.90. The molecule has 25 heavy (non-hydrogen) atoms. The molecule has 1 saturated heterocycles. The SMILES string of the molecule is O=C(CCC(=O)N1CCO[C@H]2CCCC[C@H]21)c1ccc2c(c1)CCC2. The molecule has 0 bridgehead atoms. The van der Waals surface area contributed by atoms with Gasteiger partial charge in [0.05, 0.1) is 18.8 Å². The summed E-state index contributed by atoms with van der Waals surface area (Å²) in [5, 5.41) is 0. The molecule has 4 heteroatoms. The molecule has 1 amide bonds. The molecule has 0 unspecified atom stereocenters. The Morgan fingerprint density at radius 3 is 2.80 bits per heavy atom. The molecule has 1 heterocycles. The van der Waals surface area contributed by atoms with E-state index in [0.29, 0.717) is 26.0 Å². The number of benzene rings is 1. The van der Waals surface area contributed by atoms with Crippen molar-refractivity contribution in [3.05, 3.63) is 34.9 Å². The molecule has 1 aliphatic heterocycles. The Bertz CT molecular complexity index is 667. The van der Waals surface area contributed by atoms with Gasteiger partial charge in [0.25, 0.3) is 0 Å². The van der Waals surface area contributed by atoms with Crippen molar-refractivity contribution in [1.29, 1.82) is 0 Å². The van der Waals surface area contributed by atoms with Crippen LogP contribution in [0.5, 0.6) is 0 Å². The molecule has 1 aromatic rings. The molecule has 4 nitrogen and oxygen atoms in total. The van der Waals surface area contributed by atoms with Crippen molar-refractivity contribution in [2.75, 3.05) is 13.2 Å². The molecule has 2 aliphatic carbocycles. The second kappa shape index (κ2) is 7.28. The first-order chi connectivity index (χ1) is 12.2. The second-order valence-electron chi connectivity index (χ2n) is 7.61. The normalized spacial score (nSPS) is 25.4. The molecule has 0 aromatic heterocycles. The van der Waals surface area contributed by atoms with E-state index in [1.54, 1.807) is 0 Å². The lowest BCUT2D eigenvalue weighted by molar-refractivity contribution is -0.149. The summed E-state index contributed by atoms with van der Waals surface area (Å²) >= 11 is 0. The van der Waals surface area contributed by atoms with Gasteiger partial charge in [-0.25, -0.2) is 0 Å². The van der Waals surface area contributed by atoms with Gasteiger partial charge in [-0.05, 0) is 49.3 Å². The number of hydrogen-bond donors (Lipinski definition) is 0. The van der Waals surface area contributed by atoms with Gasteiger partial charge in [0.15, 0.2) is 5.78 Å². The van der Waals surface area contributed by atoms with E-state index in [4.69, 9.17) is 4.74 Å². The number of rotatable bonds is 4. The van der Waals surface area contributed by atoms with Crippen LogP contribution < -0.4 is 0 Å². The largest absolute Gasteiger partial charge is 0.374 e. The van der Waals surface area contributed by atoms with E-state index in [1.807, 2.05) is 17.0 Å². The molecule has 0 spiro atoms. The van der Waals surface area contributed by atoms with E-state index in [0.717, 1.165) is 31.2 Å². The first-order valence-electron chi connectivity index (χ1n) is 9.78. The number of aryl methyl sites for hydroxylation is 2. The summed E-state index contributed by atoms with van der Waals surface area (Å²) in [4.78, 5) is 27.2. The van der Waals surface area contributed by atoms with Gasteiger partial charge in [-0.1, -0.05) is 25.0 Å². The molecule has 134 valence electrons. The van der Waals surface area contributed by atoms with E-state index in [-0.39, 0.29) is 23.8 Å². The molecule has 0 N–H and O–H groups in total. The minimum absolute atomic E-state index is 0.0940. The second-order valence-corrected chi connectivity index (χ2v) is 7.61. The third-order valence-electron chi connectivity index (χ3n) is 6.04. The van der Waals surface area contributed by atoms with Crippen LogP contribution in [0.1, 0.15) is 66.4 Å². The number of amides is 1. The van der Waals surface area contributed by atoms with Crippen LogP contribution in [0.15, 0.2) is 18.2 Å². The van der Waals surface area contributed by atoms with Crippen LogP contribution in [0, 0.1) is 0 Å². The fraction of sp³-hybridized carbons (Fsp3) is 0.619. The lowest BCUT2D eigenvalue weighted by Gasteiger charge is -2.43. The van der Waals surface area contributed by atoms with Crippen molar-refractivity contribution < 1.29 is 14.3 Å². The van der Waals surface area contributed by atoms with Crippen LogP contribution in [-0.2, 0) is 22.4 Å². The summed E-state index contributed by atoms with van der Waals surface area (Å²) in [5.74, 6) is 0.214. The van der Waals surface area contributed by atoms with E-state index in [2.05, 4.69) is 6.07 Å². The van der Waals surface area contributed by atoms with Crippen LogP contribution >= 0.6 is 0 Å². The van der Waals surface area contributed by atoms with Gasteiger partial charge in [0.1, 0.15) is 0 Å². The van der Waals surface area contributed by atoms with Gasteiger partial charge in [-0.2, -0.15) is 0 Å². The third kappa shape index (κ3) is 3.50. The Balaban J connectivity index is 1.35. The van der Waals surface area contributed by atoms with Gasteiger partial charge < -0.3 is 9.64 Å². The molecule has 2 atom stereocenters. The van der Waals surface area contributed by atoms with Gasteiger partial charge in [0.2, 0.25) is 5.91 Å². The van der Waals surface area contributed by atoms with E-state index in [1.165, 1.54) is 30.4 Å². The first kappa shape index (κ1) is 16.8. The molecule has 4 rings (SSSR count). The highest BCUT2D eigenvalue weighted by Gasteiger charge is 2.36. The van der Waals surface area contributed by atoms with Crippen molar-refractivity contribution >= 4 is 11.7 Å². The van der Waals surface area contributed by atoms with E-state index >= 15 is 0 Å². The lowest BCUT2D eigenvalue weighted by Crippen LogP contribution is -2.54. The van der Waals surface area contributed by atoms with Crippen molar-refractivity contribution in [3.8, 4) is 0 Å². The fourth-order valence-corrected chi connectivity index (χ4v) is 4.66. The number of carbonyl (C=O) groups is 2. The minimum Gasteiger partial charge on any atom is -0.374 e. The van der Waals surface area contributed by atoms with Crippen molar-refractivity contribution in [1.82, 2.24) is 4.90 Å². The number of morpholine rings is 1. The predicted molar refractivity (Wildman–Crippen MR) is 95.7 cm³/mol. The monoisotopic (exact) mass is 341 g/mol. The molecule has 1 saturated carbocycles. The average molecular weight is 341 g/mol. The van der Waals surface area contributed by atoms with E-state index < -0.39 is 0 Å². The van der Waals surface area contributed by atoms with Gasteiger partial charge >= 0.3 is 0 Å². The molecule has 3 aliphatic rings. The molecular weight excluding hydrogens is 314 g/mol. The number of hydrogen-bond acceptors (Lipinski definition) is 3. The Labute approximate surface area is 149 Å². The summed E-state index contributed by atoms with van der Waals surface area (Å²) in [6.45, 7) is 1.30. The topological polar surface area (TPSA) is 46.6 Å². The molecule has 0 radical (unpaired) electrons. The number of ether oxygens (including phenoxy) is 1. The zero-order valence-electron chi connectivity index (χ0n) is 14.8. The average Bonchev–Trinajstić information content (AvgIpc) is 3.13. The summed E-state index contributed by atoms with van der Waals surface area (Å²) in [6.07, 6.45) is 8.68. The number of nitrogens with zero attached hydrogens (tertiary/aromatic N) is 1. The Hall–Kier alpha value is -1.68. The number of ketones is 1. The zero-order chi connectivity index (χ0) is 17.2. The highest BCUT2D eigenvalue weighted by Crippen LogP contribution is 2.29. The quantitative estimate of drug-likeness (QED) is 0.790. The highest BCUT2D eigenvalue weighted by atomic mass is 16.5. The Morgan fingerprint density at radius 1 is 1.04 bits per heavy atom. The minimum atomic E-state index is 0.0940. The maximum absolute atomic E-state index is 12.7. The van der Waals surface area contributed by atoms with Crippen LogP contribution in [0.25, 0.3) is 0 Å². The van der Waals surface area contributed by atoms with Crippen LogP contribution in [0.2, 0.25) is 0 Å². The van der Waals surface area contributed by atoms with Crippen molar-refractivity contribution in [2.24, 2.45) is 0 Å². The van der Waals surface area contributed by atoms with Gasteiger partial charge in [0, 0.05) is 24.9 Å². The zero-order valence-corrected chi connectivity index (χ0v) is 14.8. The Morgan fingerprint density at radius 2 is 1.88 bits per heavy atom. The first-order valence-corrected chi connectivity index (χ1v) is 9.78. The maximum Gasteiger partial charge on any atom is 0.223 e.